The smallest absolute Gasteiger partial charge is 0.139 e. The lowest BCUT2D eigenvalue weighted by atomic mass is 10.0. The highest BCUT2D eigenvalue weighted by atomic mass is 19.1. The number of piperidine rings is 1. The van der Waals surface area contributed by atoms with Gasteiger partial charge in [0.2, 0.25) is 0 Å². The van der Waals surface area contributed by atoms with Gasteiger partial charge in [-0.2, -0.15) is 5.10 Å². The maximum absolute atomic E-state index is 15.0. The summed E-state index contributed by atoms with van der Waals surface area (Å²) < 4.78 is 22.0. The van der Waals surface area contributed by atoms with Crippen molar-refractivity contribution in [2.45, 2.75) is 38.5 Å². The minimum Gasteiger partial charge on any atom is -0.384 e. The third-order valence-electron chi connectivity index (χ3n) is 6.18. The SMILES string of the molecule is CCNc1c(-c2cnn([C@H]3CCN(C4COC4)C[C@@H]3F)c2)cnc2[nH]cc(C)c12. The van der Waals surface area contributed by atoms with Crippen LogP contribution in [0.25, 0.3) is 22.2 Å². The zero-order valence-corrected chi connectivity index (χ0v) is 16.9. The molecule has 2 aliphatic rings. The summed E-state index contributed by atoms with van der Waals surface area (Å²) in [5, 5.41) is 9.11. The number of pyridine rings is 1. The number of anilines is 1. The molecule has 0 bridgehead atoms. The third-order valence-corrected chi connectivity index (χ3v) is 6.18. The van der Waals surface area contributed by atoms with Crippen molar-refractivity contribution in [1.82, 2.24) is 24.6 Å². The molecule has 154 valence electrons. The van der Waals surface area contributed by atoms with Crippen molar-refractivity contribution in [3.63, 3.8) is 0 Å². The molecule has 2 atom stereocenters. The summed E-state index contributed by atoms with van der Waals surface area (Å²) in [6.45, 7) is 7.74. The van der Waals surface area contributed by atoms with Crippen LogP contribution in [0.2, 0.25) is 0 Å². The van der Waals surface area contributed by atoms with Crippen LogP contribution < -0.4 is 5.32 Å². The molecule has 3 aromatic heterocycles. The van der Waals surface area contributed by atoms with E-state index in [0.29, 0.717) is 12.6 Å². The number of likely N-dealkylation sites (tertiary alicyclic amines) is 1. The van der Waals surface area contributed by atoms with Crippen molar-refractivity contribution in [3.8, 4) is 11.1 Å². The lowest BCUT2D eigenvalue weighted by Crippen LogP contribution is -2.55. The van der Waals surface area contributed by atoms with Crippen LogP contribution in [0.3, 0.4) is 0 Å². The van der Waals surface area contributed by atoms with Gasteiger partial charge in [0.25, 0.3) is 0 Å². The third kappa shape index (κ3) is 3.20. The maximum Gasteiger partial charge on any atom is 0.139 e. The van der Waals surface area contributed by atoms with Crippen molar-refractivity contribution in [3.05, 3.63) is 30.4 Å². The van der Waals surface area contributed by atoms with Gasteiger partial charge in [-0.3, -0.25) is 9.58 Å². The molecule has 0 aromatic carbocycles. The molecular weight excluding hydrogens is 371 g/mol. The molecule has 0 saturated carbocycles. The van der Waals surface area contributed by atoms with Gasteiger partial charge in [0.05, 0.1) is 37.2 Å². The Morgan fingerprint density at radius 1 is 1.34 bits per heavy atom. The van der Waals surface area contributed by atoms with Gasteiger partial charge in [-0.1, -0.05) is 0 Å². The Morgan fingerprint density at radius 3 is 2.93 bits per heavy atom. The van der Waals surface area contributed by atoms with E-state index in [2.05, 4.69) is 39.1 Å². The molecular formula is C21H27FN6O. The molecule has 2 aliphatic heterocycles. The summed E-state index contributed by atoms with van der Waals surface area (Å²) in [7, 11) is 0. The fourth-order valence-corrected chi connectivity index (χ4v) is 4.47. The van der Waals surface area contributed by atoms with Gasteiger partial charge in [-0.15, -0.1) is 0 Å². The Labute approximate surface area is 169 Å². The predicted molar refractivity (Wildman–Crippen MR) is 111 cm³/mol. The van der Waals surface area contributed by atoms with E-state index in [-0.39, 0.29) is 6.04 Å². The van der Waals surface area contributed by atoms with Gasteiger partial charge >= 0.3 is 0 Å². The Morgan fingerprint density at radius 2 is 2.21 bits per heavy atom. The molecule has 0 unspecified atom stereocenters. The summed E-state index contributed by atoms with van der Waals surface area (Å²) in [6.07, 6.45) is 7.45. The Balaban J connectivity index is 1.43. The first-order valence-electron chi connectivity index (χ1n) is 10.4. The lowest BCUT2D eigenvalue weighted by molar-refractivity contribution is -0.0847. The molecule has 0 amide bonds. The molecule has 3 aromatic rings. The highest BCUT2D eigenvalue weighted by Gasteiger charge is 2.36. The van der Waals surface area contributed by atoms with Gasteiger partial charge in [0.1, 0.15) is 11.8 Å². The van der Waals surface area contributed by atoms with E-state index < -0.39 is 6.17 Å². The predicted octanol–water partition coefficient (Wildman–Crippen LogP) is 3.15. The largest absolute Gasteiger partial charge is 0.384 e. The highest BCUT2D eigenvalue weighted by molar-refractivity contribution is 6.00. The number of aromatic nitrogens is 4. The number of nitrogens with zero attached hydrogens (tertiary/aromatic N) is 4. The number of aromatic amines is 1. The molecule has 7 nitrogen and oxygen atoms in total. The zero-order valence-electron chi connectivity index (χ0n) is 16.9. The molecule has 8 heteroatoms. The van der Waals surface area contributed by atoms with Crippen LogP contribution in [-0.2, 0) is 4.74 Å². The summed E-state index contributed by atoms with van der Waals surface area (Å²) in [5.41, 5.74) is 5.01. The zero-order chi connectivity index (χ0) is 20.0. The Bertz CT molecular complexity index is 1010. The first-order valence-corrected chi connectivity index (χ1v) is 10.4. The average Bonchev–Trinajstić information content (AvgIpc) is 3.28. The van der Waals surface area contributed by atoms with E-state index in [0.717, 1.165) is 66.1 Å². The van der Waals surface area contributed by atoms with Gasteiger partial charge in [0, 0.05) is 54.7 Å². The first-order chi connectivity index (χ1) is 14.2. The van der Waals surface area contributed by atoms with Crippen molar-refractivity contribution in [1.29, 1.82) is 0 Å². The molecule has 2 saturated heterocycles. The summed E-state index contributed by atoms with van der Waals surface area (Å²) in [4.78, 5) is 10.0. The number of H-pyrrole nitrogens is 1. The van der Waals surface area contributed by atoms with Gasteiger partial charge in [-0.05, 0) is 25.8 Å². The van der Waals surface area contributed by atoms with Gasteiger partial charge < -0.3 is 15.0 Å². The minimum absolute atomic E-state index is 0.228. The number of rotatable bonds is 5. The molecule has 0 radical (unpaired) electrons. The minimum atomic E-state index is -0.933. The van der Waals surface area contributed by atoms with Crippen molar-refractivity contribution in [2.75, 3.05) is 38.2 Å². The van der Waals surface area contributed by atoms with Crippen molar-refractivity contribution in [2.24, 2.45) is 0 Å². The second-order valence-corrected chi connectivity index (χ2v) is 8.04. The van der Waals surface area contributed by atoms with Crippen LogP contribution >= 0.6 is 0 Å². The number of alkyl halides is 1. The van der Waals surface area contributed by atoms with Crippen LogP contribution in [-0.4, -0.2) is 69.7 Å². The average molecular weight is 398 g/mol. The van der Waals surface area contributed by atoms with Crippen molar-refractivity contribution < 1.29 is 9.13 Å². The number of ether oxygens (including phenoxy) is 1. The van der Waals surface area contributed by atoms with E-state index in [4.69, 9.17) is 4.74 Å². The topological polar surface area (TPSA) is 71.0 Å². The quantitative estimate of drug-likeness (QED) is 0.691. The molecule has 2 fully saturated rings. The second kappa shape index (κ2) is 7.42. The first kappa shape index (κ1) is 18.6. The fraction of sp³-hybridized carbons (Fsp3) is 0.524. The number of hydrogen-bond donors (Lipinski definition) is 2. The molecule has 0 aliphatic carbocycles. The molecule has 5 heterocycles. The molecule has 2 N–H and O–H groups in total. The number of fused-ring (bicyclic) bond motifs is 1. The van der Waals surface area contributed by atoms with E-state index >= 15 is 0 Å². The number of halogens is 1. The standard InChI is InChI=1S/C21H27FN6O/c1-3-23-20-16(8-25-21-19(20)13(2)6-24-21)14-7-26-28(9-14)18-4-5-27(10-17(18)22)15-11-29-12-15/h6-9,15,17-18H,3-5,10-12H2,1-2H3,(H2,23,24,25)/t17-,18-/m0/s1. The Kier molecular flexibility index (Phi) is 4.75. The Hall–Kier alpha value is -2.45. The van der Waals surface area contributed by atoms with Crippen LogP contribution in [0.1, 0.15) is 24.9 Å². The molecule has 29 heavy (non-hydrogen) atoms. The van der Waals surface area contributed by atoms with E-state index in [1.807, 2.05) is 24.8 Å². The highest BCUT2D eigenvalue weighted by Crippen LogP contribution is 2.36. The number of hydrogen-bond acceptors (Lipinski definition) is 5. The summed E-state index contributed by atoms with van der Waals surface area (Å²) in [5.74, 6) is 0. The number of nitrogens with one attached hydrogen (secondary N) is 2. The van der Waals surface area contributed by atoms with E-state index in [9.17, 15) is 4.39 Å². The van der Waals surface area contributed by atoms with Crippen LogP contribution in [0.4, 0.5) is 10.1 Å². The van der Waals surface area contributed by atoms with Gasteiger partial charge in [-0.25, -0.2) is 9.37 Å². The van der Waals surface area contributed by atoms with E-state index in [1.54, 1.807) is 4.68 Å². The molecule has 5 rings (SSSR count). The second-order valence-electron chi connectivity index (χ2n) is 8.04. The molecule has 0 spiro atoms. The van der Waals surface area contributed by atoms with E-state index in [1.165, 1.54) is 0 Å². The number of aryl methyl sites for hydroxylation is 1. The van der Waals surface area contributed by atoms with Crippen LogP contribution in [0, 0.1) is 6.92 Å². The van der Waals surface area contributed by atoms with Crippen molar-refractivity contribution >= 4 is 16.7 Å². The van der Waals surface area contributed by atoms with Crippen LogP contribution in [0.5, 0.6) is 0 Å². The van der Waals surface area contributed by atoms with Gasteiger partial charge in [0.15, 0.2) is 0 Å². The maximum atomic E-state index is 15.0. The lowest BCUT2D eigenvalue weighted by Gasteiger charge is -2.42. The monoisotopic (exact) mass is 398 g/mol. The normalized spacial score (nSPS) is 23.4. The fourth-order valence-electron chi connectivity index (χ4n) is 4.47. The summed E-state index contributed by atoms with van der Waals surface area (Å²) >= 11 is 0. The van der Waals surface area contributed by atoms with Crippen LogP contribution in [0.15, 0.2) is 24.8 Å². The summed E-state index contributed by atoms with van der Waals surface area (Å²) in [6, 6.07) is 0.154.